The van der Waals surface area contributed by atoms with E-state index < -0.39 is 17.7 Å². The molecule has 7 heteroatoms. The van der Waals surface area contributed by atoms with Crippen LogP contribution < -0.4 is 10.1 Å². The summed E-state index contributed by atoms with van der Waals surface area (Å²) in [5, 5.41) is 3.35. The predicted octanol–water partition coefficient (Wildman–Crippen LogP) is 4.05. The van der Waals surface area contributed by atoms with Gasteiger partial charge in [-0.15, -0.1) is 0 Å². The summed E-state index contributed by atoms with van der Waals surface area (Å²) in [6.07, 6.45) is 1.22. The van der Waals surface area contributed by atoms with E-state index in [1.807, 2.05) is 30.3 Å². The summed E-state index contributed by atoms with van der Waals surface area (Å²) in [5.74, 6) is -2.31. The molecule has 0 saturated carbocycles. The highest BCUT2D eigenvalue weighted by atomic mass is 35.5. The van der Waals surface area contributed by atoms with Gasteiger partial charge >= 0.3 is 11.9 Å². The second-order valence-corrected chi connectivity index (χ2v) is 6.73. The molecule has 1 saturated heterocycles. The lowest BCUT2D eigenvalue weighted by atomic mass is 10.2. The number of carbonyl (C=O) groups excluding carboxylic acids is 2. The molecule has 1 aliphatic heterocycles. The first-order valence-electron chi connectivity index (χ1n) is 8.24. The maximum atomic E-state index is 12.0. The number of anilines is 1. The van der Waals surface area contributed by atoms with Crippen LogP contribution in [-0.4, -0.2) is 17.7 Å². The van der Waals surface area contributed by atoms with E-state index in [1.54, 1.807) is 18.2 Å². The number of benzene rings is 2. The number of rotatable bonds is 5. The van der Waals surface area contributed by atoms with Gasteiger partial charge in [-0.3, -0.25) is 0 Å². The van der Waals surface area contributed by atoms with Gasteiger partial charge in [-0.05, 0) is 23.8 Å². The van der Waals surface area contributed by atoms with Crippen molar-refractivity contribution >= 4 is 29.2 Å². The van der Waals surface area contributed by atoms with Crippen molar-refractivity contribution in [2.75, 3.05) is 5.32 Å². The van der Waals surface area contributed by atoms with E-state index >= 15 is 0 Å². The van der Waals surface area contributed by atoms with Gasteiger partial charge in [0.1, 0.15) is 12.4 Å². The molecule has 140 valence electrons. The number of halogens is 1. The average Bonchev–Trinajstić information content (AvgIpc) is 2.60. The van der Waals surface area contributed by atoms with E-state index in [-0.39, 0.29) is 5.57 Å². The van der Waals surface area contributed by atoms with E-state index in [2.05, 4.69) is 5.32 Å². The third-order valence-corrected chi connectivity index (χ3v) is 3.90. The minimum absolute atomic E-state index is 0.247. The molecule has 6 nitrogen and oxygen atoms in total. The molecule has 3 rings (SSSR count). The standard InChI is InChI=1S/C20H18ClNO5/c1-20(2)26-18(23)15(19(24)27-20)11-22-16-10-14(21)8-9-17(16)25-12-13-6-4-3-5-7-13/h3-11,22H,12H2,1-2H3. The maximum Gasteiger partial charge on any atom is 0.350 e. The summed E-state index contributed by atoms with van der Waals surface area (Å²) < 4.78 is 15.9. The molecule has 1 heterocycles. The van der Waals surface area contributed by atoms with Crippen molar-refractivity contribution in [2.24, 2.45) is 0 Å². The third-order valence-electron chi connectivity index (χ3n) is 3.67. The quantitative estimate of drug-likeness (QED) is 0.474. The van der Waals surface area contributed by atoms with Crippen LogP contribution in [0.3, 0.4) is 0 Å². The van der Waals surface area contributed by atoms with Crippen molar-refractivity contribution in [3.05, 3.63) is 70.9 Å². The highest BCUT2D eigenvalue weighted by Gasteiger charge is 2.38. The van der Waals surface area contributed by atoms with Crippen LogP contribution in [0.1, 0.15) is 19.4 Å². The van der Waals surface area contributed by atoms with Crippen LogP contribution >= 0.6 is 11.6 Å². The molecule has 1 fully saturated rings. The molecule has 1 aliphatic rings. The Morgan fingerprint density at radius 2 is 1.74 bits per heavy atom. The second kappa shape index (κ2) is 7.72. The normalized spacial score (nSPS) is 15.6. The SMILES string of the molecule is CC1(C)OC(=O)C(=CNc2cc(Cl)ccc2OCc2ccccc2)C(=O)O1. The number of hydrogen-bond acceptors (Lipinski definition) is 6. The number of hydrogen-bond donors (Lipinski definition) is 1. The van der Waals surface area contributed by atoms with Crippen molar-refractivity contribution in [1.29, 1.82) is 0 Å². The van der Waals surface area contributed by atoms with Crippen LogP contribution in [-0.2, 0) is 25.7 Å². The first-order chi connectivity index (χ1) is 12.8. The highest BCUT2D eigenvalue weighted by molar-refractivity contribution is 6.31. The van der Waals surface area contributed by atoms with Crippen molar-refractivity contribution in [2.45, 2.75) is 26.2 Å². The first kappa shape index (κ1) is 18.8. The zero-order valence-electron chi connectivity index (χ0n) is 14.8. The van der Waals surface area contributed by atoms with Crippen LogP contribution in [0.2, 0.25) is 5.02 Å². The molecule has 0 spiro atoms. The Morgan fingerprint density at radius 1 is 1.07 bits per heavy atom. The zero-order chi connectivity index (χ0) is 19.4. The molecular formula is C20H18ClNO5. The lowest BCUT2D eigenvalue weighted by Crippen LogP contribution is -2.42. The third kappa shape index (κ3) is 4.80. The molecule has 0 unspecified atom stereocenters. The van der Waals surface area contributed by atoms with Crippen molar-refractivity contribution < 1.29 is 23.8 Å². The topological polar surface area (TPSA) is 73.9 Å². The Morgan fingerprint density at radius 3 is 2.41 bits per heavy atom. The Bertz CT molecular complexity index is 871. The Balaban J connectivity index is 1.77. The van der Waals surface area contributed by atoms with Crippen molar-refractivity contribution in [1.82, 2.24) is 0 Å². The largest absolute Gasteiger partial charge is 0.487 e. The summed E-state index contributed by atoms with van der Waals surface area (Å²) in [5.41, 5.74) is 1.25. The Hall–Kier alpha value is -2.99. The number of ether oxygens (including phenoxy) is 3. The molecule has 0 aliphatic carbocycles. The van der Waals surface area contributed by atoms with E-state index in [0.717, 1.165) is 5.56 Å². The molecule has 2 aromatic rings. The summed E-state index contributed by atoms with van der Waals surface area (Å²) in [6.45, 7) is 3.32. The highest BCUT2D eigenvalue weighted by Crippen LogP contribution is 2.30. The molecule has 0 radical (unpaired) electrons. The lowest BCUT2D eigenvalue weighted by Gasteiger charge is -2.29. The zero-order valence-corrected chi connectivity index (χ0v) is 15.6. The van der Waals surface area contributed by atoms with Crippen molar-refractivity contribution in [3.63, 3.8) is 0 Å². The van der Waals surface area contributed by atoms with Crippen LogP contribution in [0.4, 0.5) is 5.69 Å². The second-order valence-electron chi connectivity index (χ2n) is 6.30. The van der Waals surface area contributed by atoms with Gasteiger partial charge in [0.05, 0.1) is 5.69 Å². The lowest BCUT2D eigenvalue weighted by molar-refractivity contribution is -0.222. The van der Waals surface area contributed by atoms with Crippen LogP contribution in [0.5, 0.6) is 5.75 Å². The minimum atomic E-state index is -1.29. The average molecular weight is 388 g/mol. The molecule has 1 N–H and O–H groups in total. The maximum absolute atomic E-state index is 12.0. The molecule has 0 amide bonds. The molecule has 27 heavy (non-hydrogen) atoms. The van der Waals surface area contributed by atoms with E-state index in [0.29, 0.717) is 23.1 Å². The smallest absolute Gasteiger partial charge is 0.350 e. The van der Waals surface area contributed by atoms with Gasteiger partial charge in [0.2, 0.25) is 0 Å². The fraction of sp³-hybridized carbons (Fsp3) is 0.200. The van der Waals surface area contributed by atoms with Crippen LogP contribution in [0.15, 0.2) is 60.3 Å². The number of esters is 2. The summed E-state index contributed by atoms with van der Waals surface area (Å²) in [7, 11) is 0. The molecule has 0 aromatic heterocycles. The summed E-state index contributed by atoms with van der Waals surface area (Å²) in [6, 6.07) is 14.7. The van der Waals surface area contributed by atoms with Gasteiger partial charge in [-0.1, -0.05) is 41.9 Å². The van der Waals surface area contributed by atoms with Gasteiger partial charge in [-0.2, -0.15) is 0 Å². The van der Waals surface area contributed by atoms with Gasteiger partial charge in [0.25, 0.3) is 5.79 Å². The number of carbonyl (C=O) groups is 2. The van der Waals surface area contributed by atoms with E-state index in [1.165, 1.54) is 20.0 Å². The fourth-order valence-corrected chi connectivity index (χ4v) is 2.58. The van der Waals surface area contributed by atoms with Gasteiger partial charge < -0.3 is 19.5 Å². The summed E-state index contributed by atoms with van der Waals surface area (Å²) >= 11 is 6.05. The van der Waals surface area contributed by atoms with Gasteiger partial charge in [0, 0.05) is 25.1 Å². The Kier molecular flexibility index (Phi) is 5.37. The fourth-order valence-electron chi connectivity index (χ4n) is 2.40. The van der Waals surface area contributed by atoms with E-state index in [9.17, 15) is 9.59 Å². The number of cyclic esters (lactones) is 2. The monoisotopic (exact) mass is 387 g/mol. The van der Waals surface area contributed by atoms with Crippen LogP contribution in [0.25, 0.3) is 0 Å². The Labute approximate surface area is 161 Å². The van der Waals surface area contributed by atoms with Crippen molar-refractivity contribution in [3.8, 4) is 5.75 Å². The minimum Gasteiger partial charge on any atom is -0.487 e. The van der Waals surface area contributed by atoms with E-state index in [4.69, 9.17) is 25.8 Å². The predicted molar refractivity (Wildman–Crippen MR) is 100 cm³/mol. The van der Waals surface area contributed by atoms with Crippen LogP contribution in [0, 0.1) is 0 Å². The number of nitrogens with one attached hydrogen (secondary N) is 1. The molecule has 0 bridgehead atoms. The van der Waals surface area contributed by atoms with Gasteiger partial charge in [-0.25, -0.2) is 9.59 Å². The summed E-state index contributed by atoms with van der Waals surface area (Å²) in [4.78, 5) is 24.0. The van der Waals surface area contributed by atoms with Gasteiger partial charge in [0.15, 0.2) is 5.57 Å². The molecule has 0 atom stereocenters. The molecular weight excluding hydrogens is 370 g/mol. The first-order valence-corrected chi connectivity index (χ1v) is 8.61. The molecule has 2 aromatic carbocycles.